The zero-order valence-electron chi connectivity index (χ0n) is 12.4. The van der Waals surface area contributed by atoms with E-state index in [1.807, 2.05) is 26.8 Å². The highest BCUT2D eigenvalue weighted by Gasteiger charge is 2.40. The quantitative estimate of drug-likeness (QED) is 0.811. The molecule has 4 nitrogen and oxygen atoms in total. The van der Waals surface area contributed by atoms with Crippen LogP contribution in [0.2, 0.25) is 0 Å². The van der Waals surface area contributed by atoms with Crippen molar-refractivity contribution in [2.75, 3.05) is 6.54 Å². The fourth-order valence-corrected chi connectivity index (χ4v) is 3.93. The first-order chi connectivity index (χ1) is 9.35. The summed E-state index contributed by atoms with van der Waals surface area (Å²) in [5.41, 5.74) is 0.621. The lowest BCUT2D eigenvalue weighted by Gasteiger charge is -2.25. The maximum Gasteiger partial charge on any atom is 0.241 e. The molecular formula is C15H24N2O2S. The first kappa shape index (κ1) is 15.5. The highest BCUT2D eigenvalue weighted by Crippen LogP contribution is 2.39. The average molecular weight is 296 g/mol. The molecule has 112 valence electrons. The summed E-state index contributed by atoms with van der Waals surface area (Å²) in [7, 11) is -3.45. The summed E-state index contributed by atoms with van der Waals surface area (Å²) in [6.07, 6.45) is 2.21. The molecule has 0 amide bonds. The minimum atomic E-state index is -3.45. The Kier molecular flexibility index (Phi) is 4.52. The van der Waals surface area contributed by atoms with Gasteiger partial charge < -0.3 is 5.32 Å². The zero-order chi connectivity index (χ0) is 14.8. The van der Waals surface area contributed by atoms with E-state index in [0.717, 1.165) is 24.9 Å². The van der Waals surface area contributed by atoms with Crippen LogP contribution in [0.1, 0.15) is 39.2 Å². The van der Waals surface area contributed by atoms with Gasteiger partial charge in [0.1, 0.15) is 0 Å². The van der Waals surface area contributed by atoms with Crippen LogP contribution in [0.5, 0.6) is 0 Å². The molecular weight excluding hydrogens is 272 g/mol. The molecule has 1 aliphatic rings. The number of sulfonamides is 1. The summed E-state index contributed by atoms with van der Waals surface area (Å²) >= 11 is 0. The molecule has 2 rings (SSSR count). The van der Waals surface area contributed by atoms with Crippen LogP contribution in [0.25, 0.3) is 0 Å². The molecule has 5 heteroatoms. The van der Waals surface area contributed by atoms with Crippen LogP contribution in [-0.4, -0.2) is 20.5 Å². The first-order valence-electron chi connectivity index (χ1n) is 7.19. The number of hydrogen-bond donors (Lipinski definition) is 2. The molecule has 0 unspecified atom stereocenters. The number of benzene rings is 1. The molecule has 1 saturated carbocycles. The molecule has 1 aliphatic carbocycles. The van der Waals surface area contributed by atoms with Crippen molar-refractivity contribution in [1.29, 1.82) is 0 Å². The molecule has 0 radical (unpaired) electrons. The van der Waals surface area contributed by atoms with Crippen LogP contribution in [0, 0.1) is 5.92 Å². The second-order valence-corrected chi connectivity index (χ2v) is 7.71. The van der Waals surface area contributed by atoms with Crippen molar-refractivity contribution in [3.8, 4) is 0 Å². The van der Waals surface area contributed by atoms with Gasteiger partial charge in [0.15, 0.2) is 0 Å². The highest BCUT2D eigenvalue weighted by molar-refractivity contribution is 7.89. The third-order valence-electron chi connectivity index (χ3n) is 3.78. The Bertz CT molecular complexity index is 563. The lowest BCUT2D eigenvalue weighted by molar-refractivity contribution is 0.400. The summed E-state index contributed by atoms with van der Waals surface area (Å²) in [6, 6.07) is 7.13. The molecule has 0 bridgehead atoms. The molecule has 1 aromatic carbocycles. The lowest BCUT2D eigenvalue weighted by atomic mass is 10.0. The Labute approximate surface area is 122 Å². The third-order valence-corrected chi connectivity index (χ3v) is 5.45. The van der Waals surface area contributed by atoms with Gasteiger partial charge in [-0.15, -0.1) is 0 Å². The largest absolute Gasteiger partial charge is 0.313 e. The zero-order valence-corrected chi connectivity index (χ0v) is 13.3. The van der Waals surface area contributed by atoms with E-state index in [1.165, 1.54) is 0 Å². The van der Waals surface area contributed by atoms with Gasteiger partial charge in [-0.3, -0.25) is 0 Å². The van der Waals surface area contributed by atoms with Gasteiger partial charge in [-0.2, -0.15) is 0 Å². The average Bonchev–Trinajstić information content (AvgIpc) is 3.20. The van der Waals surface area contributed by atoms with Crippen molar-refractivity contribution in [2.24, 2.45) is 5.92 Å². The van der Waals surface area contributed by atoms with Crippen molar-refractivity contribution < 1.29 is 8.42 Å². The summed E-state index contributed by atoms with van der Waals surface area (Å²) in [4.78, 5) is 0.349. The fraction of sp³-hybridized carbons (Fsp3) is 0.600. The maximum absolute atomic E-state index is 12.5. The van der Waals surface area contributed by atoms with Gasteiger partial charge in [0.2, 0.25) is 10.0 Å². The molecule has 0 spiro atoms. The van der Waals surface area contributed by atoms with Crippen LogP contribution < -0.4 is 10.0 Å². The van der Waals surface area contributed by atoms with E-state index in [1.54, 1.807) is 18.2 Å². The summed E-state index contributed by atoms with van der Waals surface area (Å²) in [6.45, 7) is 7.51. The topological polar surface area (TPSA) is 58.2 Å². The molecule has 20 heavy (non-hydrogen) atoms. The monoisotopic (exact) mass is 296 g/mol. The second-order valence-electron chi connectivity index (χ2n) is 6.03. The maximum atomic E-state index is 12.5. The molecule has 0 atom stereocenters. The summed E-state index contributed by atoms with van der Waals surface area (Å²) in [5.74, 6) is 0.460. The Balaban J connectivity index is 2.16. The van der Waals surface area contributed by atoms with Gasteiger partial charge in [-0.1, -0.05) is 19.1 Å². The Morgan fingerprint density at radius 1 is 1.30 bits per heavy atom. The SMILES string of the molecule is CCNCc1cccc(S(=O)(=O)NC(C)(C)C2CC2)c1. The minimum absolute atomic E-state index is 0.349. The van der Waals surface area contributed by atoms with Gasteiger partial charge >= 0.3 is 0 Å². The van der Waals surface area contributed by atoms with E-state index in [9.17, 15) is 8.42 Å². The van der Waals surface area contributed by atoms with Crippen LogP contribution >= 0.6 is 0 Å². The van der Waals surface area contributed by atoms with E-state index in [2.05, 4.69) is 10.0 Å². The van der Waals surface area contributed by atoms with E-state index in [-0.39, 0.29) is 5.54 Å². The van der Waals surface area contributed by atoms with Gasteiger partial charge in [-0.25, -0.2) is 13.1 Å². The van der Waals surface area contributed by atoms with Crippen molar-refractivity contribution in [1.82, 2.24) is 10.0 Å². The Morgan fingerprint density at radius 2 is 2.00 bits per heavy atom. The number of hydrogen-bond acceptors (Lipinski definition) is 3. The van der Waals surface area contributed by atoms with Crippen molar-refractivity contribution in [2.45, 2.75) is 50.6 Å². The number of nitrogens with one attached hydrogen (secondary N) is 2. The van der Waals surface area contributed by atoms with Crippen molar-refractivity contribution in [3.05, 3.63) is 29.8 Å². The Morgan fingerprint density at radius 3 is 2.60 bits per heavy atom. The predicted molar refractivity (Wildman–Crippen MR) is 80.9 cm³/mol. The van der Waals surface area contributed by atoms with Gasteiger partial charge in [0.25, 0.3) is 0 Å². The minimum Gasteiger partial charge on any atom is -0.313 e. The molecule has 2 N–H and O–H groups in total. The predicted octanol–water partition coefficient (Wildman–Crippen LogP) is 2.26. The van der Waals surface area contributed by atoms with Crippen LogP contribution in [-0.2, 0) is 16.6 Å². The summed E-state index contributed by atoms with van der Waals surface area (Å²) < 4.78 is 27.8. The third kappa shape index (κ3) is 3.81. The van der Waals surface area contributed by atoms with Gasteiger partial charge in [0.05, 0.1) is 4.90 Å². The van der Waals surface area contributed by atoms with E-state index in [0.29, 0.717) is 17.4 Å². The van der Waals surface area contributed by atoms with Crippen molar-refractivity contribution >= 4 is 10.0 Å². The first-order valence-corrected chi connectivity index (χ1v) is 8.67. The fourth-order valence-electron chi connectivity index (χ4n) is 2.39. The Hall–Kier alpha value is -0.910. The lowest BCUT2D eigenvalue weighted by Crippen LogP contribution is -2.45. The standard InChI is InChI=1S/C15H24N2O2S/c1-4-16-11-12-6-5-7-14(10-12)20(18,19)17-15(2,3)13-8-9-13/h5-7,10,13,16-17H,4,8-9,11H2,1-3H3. The molecule has 0 aliphatic heterocycles. The van der Waals surface area contributed by atoms with Crippen LogP contribution in [0.15, 0.2) is 29.2 Å². The van der Waals surface area contributed by atoms with Gasteiger partial charge in [0, 0.05) is 12.1 Å². The van der Waals surface area contributed by atoms with E-state index in [4.69, 9.17) is 0 Å². The molecule has 1 aromatic rings. The smallest absolute Gasteiger partial charge is 0.241 e. The molecule has 0 saturated heterocycles. The van der Waals surface area contributed by atoms with Crippen molar-refractivity contribution in [3.63, 3.8) is 0 Å². The van der Waals surface area contributed by atoms with Gasteiger partial charge in [-0.05, 0) is 56.8 Å². The molecule has 1 fully saturated rings. The second kappa shape index (κ2) is 5.84. The molecule has 0 aromatic heterocycles. The number of rotatable bonds is 7. The summed E-state index contributed by atoms with van der Waals surface area (Å²) in [5, 5.41) is 3.20. The van der Waals surface area contributed by atoms with Crippen LogP contribution in [0.4, 0.5) is 0 Å². The van der Waals surface area contributed by atoms with E-state index < -0.39 is 10.0 Å². The van der Waals surface area contributed by atoms with E-state index >= 15 is 0 Å². The normalized spacial score (nSPS) is 16.4. The van der Waals surface area contributed by atoms with Crippen LogP contribution in [0.3, 0.4) is 0 Å². The highest BCUT2D eigenvalue weighted by atomic mass is 32.2. The molecule has 0 heterocycles.